The van der Waals surface area contributed by atoms with E-state index in [4.69, 9.17) is 4.74 Å². The molecule has 0 amide bonds. The highest BCUT2D eigenvalue weighted by Gasteiger charge is 2.02. The second-order valence-electron chi connectivity index (χ2n) is 4.96. The van der Waals surface area contributed by atoms with Crippen LogP contribution in [-0.4, -0.2) is 12.8 Å². The highest BCUT2D eigenvalue weighted by molar-refractivity contribution is 6.03. The summed E-state index contributed by atoms with van der Waals surface area (Å²) in [5.41, 5.74) is 3.13. The largest absolute Gasteiger partial charge is 0.497 e. The van der Waals surface area contributed by atoms with Gasteiger partial charge in [0, 0.05) is 5.71 Å². The van der Waals surface area contributed by atoms with Crippen molar-refractivity contribution in [3.8, 4) is 5.75 Å². The summed E-state index contributed by atoms with van der Waals surface area (Å²) in [5, 5.41) is 2.36. The van der Waals surface area contributed by atoms with E-state index in [1.165, 1.54) is 10.8 Å². The third-order valence-electron chi connectivity index (χ3n) is 3.52. The van der Waals surface area contributed by atoms with Crippen molar-refractivity contribution in [3.63, 3.8) is 0 Å². The standard InChI is InChI=1S/C19H17NO/c1-14(20-18-6-4-3-5-7-18)15-8-9-17-13-19(21-2)11-10-16(17)12-15/h3-13H,1-2H3. The van der Waals surface area contributed by atoms with E-state index < -0.39 is 0 Å². The average Bonchev–Trinajstić information content (AvgIpc) is 2.54. The van der Waals surface area contributed by atoms with Gasteiger partial charge in [0.15, 0.2) is 0 Å². The van der Waals surface area contributed by atoms with E-state index >= 15 is 0 Å². The molecule has 2 heteroatoms. The molecule has 0 aromatic heterocycles. The van der Waals surface area contributed by atoms with Crippen LogP contribution >= 0.6 is 0 Å². The first-order valence-electron chi connectivity index (χ1n) is 6.95. The van der Waals surface area contributed by atoms with E-state index in [0.29, 0.717) is 0 Å². The number of hydrogen-bond donors (Lipinski definition) is 0. The van der Waals surface area contributed by atoms with Gasteiger partial charge in [0.2, 0.25) is 0 Å². The fourth-order valence-electron chi connectivity index (χ4n) is 2.34. The molecule has 0 saturated heterocycles. The van der Waals surface area contributed by atoms with Crippen molar-refractivity contribution in [1.82, 2.24) is 0 Å². The summed E-state index contributed by atoms with van der Waals surface area (Å²) in [6.07, 6.45) is 0. The van der Waals surface area contributed by atoms with Crippen molar-refractivity contribution in [1.29, 1.82) is 0 Å². The van der Waals surface area contributed by atoms with Gasteiger partial charge in [-0.15, -0.1) is 0 Å². The van der Waals surface area contributed by atoms with Gasteiger partial charge in [-0.3, -0.25) is 4.99 Å². The van der Waals surface area contributed by atoms with E-state index in [-0.39, 0.29) is 0 Å². The molecule has 2 nitrogen and oxygen atoms in total. The van der Waals surface area contributed by atoms with Gasteiger partial charge >= 0.3 is 0 Å². The minimum atomic E-state index is 0.880. The minimum Gasteiger partial charge on any atom is -0.497 e. The van der Waals surface area contributed by atoms with E-state index in [0.717, 1.165) is 22.7 Å². The zero-order valence-corrected chi connectivity index (χ0v) is 12.2. The zero-order chi connectivity index (χ0) is 14.7. The normalized spacial score (nSPS) is 11.6. The first-order valence-corrected chi connectivity index (χ1v) is 6.95. The lowest BCUT2D eigenvalue weighted by Gasteiger charge is -2.06. The predicted octanol–water partition coefficient (Wildman–Crippen LogP) is 4.99. The van der Waals surface area contributed by atoms with Crippen molar-refractivity contribution in [2.45, 2.75) is 6.92 Å². The molecule has 3 rings (SSSR count). The average molecular weight is 275 g/mol. The summed E-state index contributed by atoms with van der Waals surface area (Å²) >= 11 is 0. The van der Waals surface area contributed by atoms with Crippen LogP contribution in [0.4, 0.5) is 5.69 Å². The summed E-state index contributed by atoms with van der Waals surface area (Å²) in [4.78, 5) is 4.66. The lowest BCUT2D eigenvalue weighted by atomic mass is 10.0. The smallest absolute Gasteiger partial charge is 0.119 e. The fraction of sp³-hybridized carbons (Fsp3) is 0.105. The van der Waals surface area contributed by atoms with Crippen LogP contribution in [-0.2, 0) is 0 Å². The molecule has 3 aromatic carbocycles. The van der Waals surface area contributed by atoms with Crippen LogP contribution in [0.2, 0.25) is 0 Å². The van der Waals surface area contributed by atoms with Crippen LogP contribution in [0.1, 0.15) is 12.5 Å². The summed E-state index contributed by atoms with van der Waals surface area (Å²) in [6.45, 7) is 2.04. The monoisotopic (exact) mass is 275 g/mol. The van der Waals surface area contributed by atoms with E-state index in [2.05, 4.69) is 29.3 Å². The maximum absolute atomic E-state index is 5.26. The Morgan fingerprint density at radius 2 is 1.57 bits per heavy atom. The number of hydrogen-bond acceptors (Lipinski definition) is 2. The molecule has 0 saturated carbocycles. The van der Waals surface area contributed by atoms with E-state index in [1.54, 1.807) is 7.11 Å². The van der Waals surface area contributed by atoms with Crippen molar-refractivity contribution in [3.05, 3.63) is 72.3 Å². The Labute approximate surface area is 124 Å². The molecule has 0 N–H and O–H groups in total. The molecule has 21 heavy (non-hydrogen) atoms. The van der Waals surface area contributed by atoms with Gasteiger partial charge in [-0.05, 0) is 53.6 Å². The van der Waals surface area contributed by atoms with Crippen molar-refractivity contribution in [2.75, 3.05) is 7.11 Å². The summed E-state index contributed by atoms with van der Waals surface area (Å²) in [6, 6.07) is 22.5. The topological polar surface area (TPSA) is 21.6 Å². The van der Waals surface area contributed by atoms with Gasteiger partial charge in [-0.25, -0.2) is 0 Å². The van der Waals surface area contributed by atoms with Crippen LogP contribution < -0.4 is 4.74 Å². The molecule has 0 unspecified atom stereocenters. The Morgan fingerprint density at radius 1 is 0.857 bits per heavy atom. The SMILES string of the molecule is COc1ccc2cc(C(C)=Nc3ccccc3)ccc2c1. The zero-order valence-electron chi connectivity index (χ0n) is 12.2. The van der Waals surface area contributed by atoms with Gasteiger partial charge in [0.25, 0.3) is 0 Å². The molecule has 0 atom stereocenters. The van der Waals surface area contributed by atoms with Crippen LogP contribution in [0.25, 0.3) is 10.8 Å². The van der Waals surface area contributed by atoms with Gasteiger partial charge in [-0.2, -0.15) is 0 Å². The Hall–Kier alpha value is -2.61. The Kier molecular flexibility index (Phi) is 3.69. The molecule has 0 fully saturated rings. The molecular weight excluding hydrogens is 258 g/mol. The first-order chi connectivity index (χ1) is 10.3. The Bertz CT molecular complexity index is 791. The number of nitrogens with zero attached hydrogens (tertiary/aromatic N) is 1. The summed E-state index contributed by atoms with van der Waals surface area (Å²) < 4.78 is 5.26. The minimum absolute atomic E-state index is 0.880. The maximum atomic E-state index is 5.26. The number of fused-ring (bicyclic) bond motifs is 1. The quantitative estimate of drug-likeness (QED) is 0.617. The highest BCUT2D eigenvalue weighted by Crippen LogP contribution is 2.23. The first kappa shape index (κ1) is 13.4. The third kappa shape index (κ3) is 2.95. The van der Waals surface area contributed by atoms with Crippen LogP contribution in [0.15, 0.2) is 71.7 Å². The predicted molar refractivity (Wildman–Crippen MR) is 88.8 cm³/mol. The van der Waals surface area contributed by atoms with Gasteiger partial charge in [0.05, 0.1) is 12.8 Å². The van der Waals surface area contributed by atoms with Crippen molar-refractivity contribution < 1.29 is 4.74 Å². The summed E-state index contributed by atoms with van der Waals surface area (Å²) in [7, 11) is 1.69. The van der Waals surface area contributed by atoms with Crippen molar-refractivity contribution in [2.24, 2.45) is 4.99 Å². The summed E-state index contributed by atoms with van der Waals surface area (Å²) in [5.74, 6) is 0.880. The Balaban J connectivity index is 1.99. The number of methoxy groups -OCH3 is 1. The second kappa shape index (κ2) is 5.80. The molecule has 0 radical (unpaired) electrons. The number of benzene rings is 3. The lowest BCUT2D eigenvalue weighted by molar-refractivity contribution is 0.415. The molecule has 0 bridgehead atoms. The van der Waals surface area contributed by atoms with Gasteiger partial charge < -0.3 is 4.74 Å². The molecule has 0 aliphatic heterocycles. The van der Waals surface area contributed by atoms with E-state index in [1.807, 2.05) is 49.4 Å². The molecule has 3 aromatic rings. The molecular formula is C19H17NO. The van der Waals surface area contributed by atoms with Crippen LogP contribution in [0.5, 0.6) is 5.75 Å². The van der Waals surface area contributed by atoms with Crippen LogP contribution in [0.3, 0.4) is 0 Å². The molecule has 0 spiro atoms. The van der Waals surface area contributed by atoms with Gasteiger partial charge in [-0.1, -0.05) is 36.4 Å². The van der Waals surface area contributed by atoms with E-state index in [9.17, 15) is 0 Å². The second-order valence-corrected chi connectivity index (χ2v) is 4.96. The molecule has 0 aliphatic carbocycles. The third-order valence-corrected chi connectivity index (χ3v) is 3.52. The number of para-hydroxylation sites is 1. The number of aliphatic imine (C=N–C) groups is 1. The highest BCUT2D eigenvalue weighted by atomic mass is 16.5. The van der Waals surface area contributed by atoms with Crippen LogP contribution in [0, 0.1) is 0 Å². The Morgan fingerprint density at radius 3 is 2.33 bits per heavy atom. The maximum Gasteiger partial charge on any atom is 0.119 e. The van der Waals surface area contributed by atoms with Crippen molar-refractivity contribution >= 4 is 22.2 Å². The molecule has 104 valence electrons. The fourth-order valence-corrected chi connectivity index (χ4v) is 2.34. The molecule has 0 aliphatic rings. The molecule has 0 heterocycles. The number of ether oxygens (including phenoxy) is 1. The van der Waals surface area contributed by atoms with Gasteiger partial charge in [0.1, 0.15) is 5.75 Å². The lowest BCUT2D eigenvalue weighted by Crippen LogP contribution is -1.94. The number of rotatable bonds is 3.